The molecule has 0 saturated heterocycles. The van der Waals surface area contributed by atoms with E-state index in [0.717, 1.165) is 27.8 Å². The lowest BCUT2D eigenvalue weighted by molar-refractivity contribution is 0.0934. The molecule has 3 aromatic rings. The zero-order valence-corrected chi connectivity index (χ0v) is 14.1. The molecule has 1 unspecified atom stereocenters. The molecule has 0 spiro atoms. The second kappa shape index (κ2) is 6.38. The highest BCUT2D eigenvalue weighted by atomic mass is 32.1. The van der Waals surface area contributed by atoms with Gasteiger partial charge < -0.3 is 9.73 Å². The molecule has 118 valence electrons. The Labute approximate surface area is 139 Å². The van der Waals surface area contributed by atoms with E-state index in [1.54, 1.807) is 11.3 Å². The first kappa shape index (κ1) is 15.5. The van der Waals surface area contributed by atoms with Crippen LogP contribution in [0.5, 0.6) is 0 Å². The van der Waals surface area contributed by atoms with Crippen molar-refractivity contribution < 1.29 is 9.21 Å². The van der Waals surface area contributed by atoms with E-state index in [4.69, 9.17) is 4.42 Å². The molecule has 0 saturated carbocycles. The molecule has 3 aromatic heterocycles. The Morgan fingerprint density at radius 2 is 2.04 bits per heavy atom. The number of aryl methyl sites for hydroxylation is 2. The monoisotopic (exact) mass is 326 g/mol. The summed E-state index contributed by atoms with van der Waals surface area (Å²) in [6.07, 6.45) is 0. The lowest BCUT2D eigenvalue weighted by atomic mass is 10.1. The average Bonchev–Trinajstić information content (AvgIpc) is 3.18. The van der Waals surface area contributed by atoms with Gasteiger partial charge in [0, 0.05) is 0 Å². The first-order valence-electron chi connectivity index (χ1n) is 7.43. The molecule has 0 aliphatic heterocycles. The number of nitrogens with zero attached hydrogens (tertiary/aromatic N) is 1. The van der Waals surface area contributed by atoms with Gasteiger partial charge in [0.25, 0.3) is 5.91 Å². The molecule has 1 N–H and O–H groups in total. The minimum atomic E-state index is -0.187. The Bertz CT molecular complexity index is 821. The maximum Gasteiger partial charge on any atom is 0.253 e. The Hall–Kier alpha value is -2.40. The van der Waals surface area contributed by atoms with Gasteiger partial charge in [-0.3, -0.25) is 9.78 Å². The van der Waals surface area contributed by atoms with Gasteiger partial charge in [0.05, 0.1) is 27.9 Å². The molecule has 0 aliphatic carbocycles. The van der Waals surface area contributed by atoms with E-state index >= 15 is 0 Å². The van der Waals surface area contributed by atoms with Gasteiger partial charge in [-0.05, 0) is 56.5 Å². The van der Waals surface area contributed by atoms with Crippen molar-refractivity contribution in [3.8, 4) is 10.6 Å². The summed E-state index contributed by atoms with van der Waals surface area (Å²) in [7, 11) is 0. The molecule has 0 aliphatic rings. The highest BCUT2D eigenvalue weighted by Crippen LogP contribution is 2.24. The number of pyridine rings is 1. The first-order chi connectivity index (χ1) is 11.0. The summed E-state index contributed by atoms with van der Waals surface area (Å²) in [6.45, 7) is 5.64. The van der Waals surface area contributed by atoms with E-state index in [2.05, 4.69) is 10.3 Å². The van der Waals surface area contributed by atoms with Crippen molar-refractivity contribution in [1.82, 2.24) is 10.3 Å². The van der Waals surface area contributed by atoms with Gasteiger partial charge in [-0.2, -0.15) is 0 Å². The summed E-state index contributed by atoms with van der Waals surface area (Å²) in [5.74, 6) is 1.44. The molecule has 0 aromatic carbocycles. The number of rotatable bonds is 4. The third kappa shape index (κ3) is 3.35. The zero-order valence-electron chi connectivity index (χ0n) is 13.3. The minimum Gasteiger partial charge on any atom is -0.464 e. The number of amides is 1. The molecule has 0 bridgehead atoms. The van der Waals surface area contributed by atoms with Crippen LogP contribution >= 0.6 is 11.3 Å². The van der Waals surface area contributed by atoms with Crippen molar-refractivity contribution in [2.24, 2.45) is 0 Å². The molecule has 1 amide bonds. The predicted octanol–water partition coefficient (Wildman–Crippen LogP) is 4.51. The largest absolute Gasteiger partial charge is 0.464 e. The topological polar surface area (TPSA) is 55.1 Å². The quantitative estimate of drug-likeness (QED) is 0.767. The van der Waals surface area contributed by atoms with Crippen molar-refractivity contribution in [3.63, 3.8) is 0 Å². The number of thiophene rings is 1. The fourth-order valence-corrected chi connectivity index (χ4v) is 3.09. The molecular formula is C18H18N2O2S. The molecule has 23 heavy (non-hydrogen) atoms. The van der Waals surface area contributed by atoms with E-state index in [0.29, 0.717) is 5.56 Å². The second-order valence-electron chi connectivity index (χ2n) is 5.45. The van der Waals surface area contributed by atoms with E-state index in [1.807, 2.05) is 62.5 Å². The summed E-state index contributed by atoms with van der Waals surface area (Å²) in [4.78, 5) is 18.1. The van der Waals surface area contributed by atoms with Gasteiger partial charge in [-0.25, -0.2) is 0 Å². The minimum absolute atomic E-state index is 0.144. The Balaban J connectivity index is 1.77. The number of hydrogen-bond acceptors (Lipinski definition) is 4. The van der Waals surface area contributed by atoms with E-state index in [1.165, 1.54) is 0 Å². The maximum absolute atomic E-state index is 12.5. The molecule has 0 radical (unpaired) electrons. The third-order valence-corrected chi connectivity index (χ3v) is 4.53. The van der Waals surface area contributed by atoms with Crippen LogP contribution in [0.25, 0.3) is 10.6 Å². The van der Waals surface area contributed by atoms with Crippen molar-refractivity contribution in [1.29, 1.82) is 0 Å². The predicted molar refractivity (Wildman–Crippen MR) is 91.6 cm³/mol. The summed E-state index contributed by atoms with van der Waals surface area (Å²) in [5.41, 5.74) is 2.19. The number of nitrogens with one attached hydrogen (secondary N) is 1. The highest BCUT2D eigenvalue weighted by molar-refractivity contribution is 7.13. The summed E-state index contributed by atoms with van der Waals surface area (Å²) < 4.78 is 5.55. The Kier molecular flexibility index (Phi) is 4.30. The fourth-order valence-electron chi connectivity index (χ4n) is 2.39. The fraction of sp³-hybridized carbons (Fsp3) is 0.222. The summed E-state index contributed by atoms with van der Waals surface area (Å²) in [6, 6.07) is 11.3. The van der Waals surface area contributed by atoms with Crippen molar-refractivity contribution >= 4 is 17.2 Å². The SMILES string of the molecule is Cc1ccc(C(C)NC(=O)c2ccc(-c3cccs3)nc2C)o1. The average molecular weight is 326 g/mol. The number of hydrogen-bond donors (Lipinski definition) is 1. The first-order valence-corrected chi connectivity index (χ1v) is 8.31. The molecule has 3 heterocycles. The lowest BCUT2D eigenvalue weighted by Gasteiger charge is -2.13. The normalized spacial score (nSPS) is 12.1. The smallest absolute Gasteiger partial charge is 0.253 e. The number of furan rings is 1. The van der Waals surface area contributed by atoms with Gasteiger partial charge in [0.2, 0.25) is 0 Å². The van der Waals surface area contributed by atoms with Crippen LogP contribution in [0.3, 0.4) is 0 Å². The molecule has 1 atom stereocenters. The lowest BCUT2D eigenvalue weighted by Crippen LogP contribution is -2.27. The molecule has 3 rings (SSSR count). The Morgan fingerprint density at radius 1 is 1.22 bits per heavy atom. The van der Waals surface area contributed by atoms with Crippen LogP contribution < -0.4 is 5.32 Å². The molecule has 4 nitrogen and oxygen atoms in total. The number of carbonyl (C=O) groups excluding carboxylic acids is 1. The van der Waals surface area contributed by atoms with Crippen LogP contribution in [0.4, 0.5) is 0 Å². The van der Waals surface area contributed by atoms with Crippen LogP contribution in [0, 0.1) is 13.8 Å². The van der Waals surface area contributed by atoms with Crippen LogP contribution in [-0.4, -0.2) is 10.9 Å². The van der Waals surface area contributed by atoms with Crippen molar-refractivity contribution in [2.75, 3.05) is 0 Å². The maximum atomic E-state index is 12.5. The van der Waals surface area contributed by atoms with Crippen molar-refractivity contribution in [2.45, 2.75) is 26.8 Å². The third-order valence-electron chi connectivity index (χ3n) is 3.64. The molecule has 5 heteroatoms. The van der Waals surface area contributed by atoms with Crippen LogP contribution in [0.15, 0.2) is 46.2 Å². The van der Waals surface area contributed by atoms with E-state index in [9.17, 15) is 4.79 Å². The van der Waals surface area contributed by atoms with Gasteiger partial charge in [-0.15, -0.1) is 11.3 Å². The second-order valence-corrected chi connectivity index (χ2v) is 6.40. The van der Waals surface area contributed by atoms with Gasteiger partial charge in [0.1, 0.15) is 11.5 Å². The van der Waals surface area contributed by atoms with Gasteiger partial charge >= 0.3 is 0 Å². The van der Waals surface area contributed by atoms with Gasteiger partial charge in [-0.1, -0.05) is 6.07 Å². The summed E-state index contributed by atoms with van der Waals surface area (Å²) in [5, 5.41) is 4.96. The summed E-state index contributed by atoms with van der Waals surface area (Å²) >= 11 is 1.63. The Morgan fingerprint density at radius 3 is 2.65 bits per heavy atom. The standard InChI is InChI=1S/C18H18N2O2S/c1-11-6-9-16(22-11)13(3)20-18(21)14-7-8-15(19-12(14)2)17-5-4-10-23-17/h4-10,13H,1-3H3,(H,20,21). The molecular weight excluding hydrogens is 308 g/mol. The number of aromatic nitrogens is 1. The van der Waals surface area contributed by atoms with Crippen molar-refractivity contribution in [3.05, 3.63) is 64.6 Å². The van der Waals surface area contributed by atoms with Crippen LogP contribution in [0.1, 0.15) is 40.5 Å². The van der Waals surface area contributed by atoms with Crippen LogP contribution in [-0.2, 0) is 0 Å². The van der Waals surface area contributed by atoms with Crippen LogP contribution in [0.2, 0.25) is 0 Å². The zero-order chi connectivity index (χ0) is 16.4. The number of carbonyl (C=O) groups is 1. The van der Waals surface area contributed by atoms with E-state index in [-0.39, 0.29) is 11.9 Å². The molecule has 0 fully saturated rings. The van der Waals surface area contributed by atoms with E-state index < -0.39 is 0 Å². The van der Waals surface area contributed by atoms with Gasteiger partial charge in [0.15, 0.2) is 0 Å². The highest BCUT2D eigenvalue weighted by Gasteiger charge is 2.16.